The molecule has 0 radical (unpaired) electrons. The van der Waals surface area contributed by atoms with Crippen molar-refractivity contribution >= 4 is 28.6 Å². The zero-order valence-electron chi connectivity index (χ0n) is 17.7. The molecule has 0 saturated heterocycles. The van der Waals surface area contributed by atoms with Crippen molar-refractivity contribution in [3.8, 4) is 17.6 Å². The summed E-state index contributed by atoms with van der Waals surface area (Å²) in [6.45, 7) is 3.86. The quantitative estimate of drug-likeness (QED) is 0.522. The Hall–Kier alpha value is -4.06. The summed E-state index contributed by atoms with van der Waals surface area (Å²) in [4.78, 5) is 22.2. The summed E-state index contributed by atoms with van der Waals surface area (Å²) in [7, 11) is 0. The van der Waals surface area contributed by atoms with Gasteiger partial charge in [0.2, 0.25) is 12.7 Å². The van der Waals surface area contributed by atoms with E-state index in [0.717, 1.165) is 16.7 Å². The van der Waals surface area contributed by atoms with Crippen LogP contribution in [0.1, 0.15) is 30.9 Å². The second-order valence-corrected chi connectivity index (χ2v) is 7.33. The Balaban J connectivity index is 1.63. The lowest BCUT2D eigenvalue weighted by molar-refractivity contribution is -0.137. The van der Waals surface area contributed by atoms with Crippen LogP contribution < -0.4 is 19.7 Å². The molecule has 2 heterocycles. The van der Waals surface area contributed by atoms with E-state index in [1.807, 2.05) is 30.0 Å². The summed E-state index contributed by atoms with van der Waals surface area (Å²) >= 11 is 0. The van der Waals surface area contributed by atoms with Gasteiger partial charge in [-0.2, -0.15) is 10.2 Å². The Morgan fingerprint density at radius 2 is 2.06 bits per heavy atom. The normalized spacial score (nSPS) is 11.9. The van der Waals surface area contributed by atoms with Gasteiger partial charge in [-0.25, -0.2) is 4.98 Å². The van der Waals surface area contributed by atoms with E-state index in [4.69, 9.17) is 19.6 Å². The second kappa shape index (κ2) is 9.39. The van der Waals surface area contributed by atoms with Crippen molar-refractivity contribution in [1.82, 2.24) is 9.97 Å². The van der Waals surface area contributed by atoms with Gasteiger partial charge in [-0.3, -0.25) is 4.79 Å². The van der Waals surface area contributed by atoms with Crippen LogP contribution in [-0.2, 0) is 11.3 Å². The molecule has 2 aromatic carbocycles. The number of hydrogen-bond acceptors (Lipinski definition) is 8. The Labute approximate surface area is 185 Å². The van der Waals surface area contributed by atoms with Crippen LogP contribution in [0.3, 0.4) is 0 Å². The highest BCUT2D eigenvalue weighted by Crippen LogP contribution is 2.33. The number of carboxylic acids is 1. The number of benzene rings is 2. The van der Waals surface area contributed by atoms with E-state index < -0.39 is 5.97 Å². The van der Waals surface area contributed by atoms with Gasteiger partial charge < -0.3 is 24.8 Å². The van der Waals surface area contributed by atoms with Gasteiger partial charge in [0.15, 0.2) is 11.5 Å². The molecular formula is C23H23N5O4. The molecule has 9 nitrogen and oxygen atoms in total. The summed E-state index contributed by atoms with van der Waals surface area (Å²) in [5, 5.41) is 22.4. The van der Waals surface area contributed by atoms with Gasteiger partial charge in [-0.05, 0) is 49.2 Å². The molecule has 0 atom stereocenters. The topological polar surface area (TPSA) is 121 Å². The van der Waals surface area contributed by atoms with E-state index in [9.17, 15) is 10.1 Å². The fraction of sp³-hybridized carbons (Fsp3) is 0.304. The lowest BCUT2D eigenvalue weighted by Crippen LogP contribution is -2.27. The molecule has 0 fully saturated rings. The molecule has 0 bridgehead atoms. The number of hydrogen-bond donors (Lipinski definition) is 2. The van der Waals surface area contributed by atoms with Gasteiger partial charge in [0.25, 0.3) is 0 Å². The Morgan fingerprint density at radius 1 is 1.22 bits per heavy atom. The van der Waals surface area contributed by atoms with Gasteiger partial charge in [0.05, 0.1) is 17.1 Å². The predicted molar refractivity (Wildman–Crippen MR) is 119 cm³/mol. The second-order valence-electron chi connectivity index (χ2n) is 7.33. The van der Waals surface area contributed by atoms with Crippen molar-refractivity contribution in [2.45, 2.75) is 26.3 Å². The molecule has 0 aliphatic carbocycles. The van der Waals surface area contributed by atoms with E-state index >= 15 is 0 Å². The Bertz CT molecular complexity index is 1190. The summed E-state index contributed by atoms with van der Waals surface area (Å²) in [6.07, 6.45) is 0.586. The van der Waals surface area contributed by atoms with Gasteiger partial charge >= 0.3 is 5.97 Å². The number of fused-ring (bicyclic) bond motifs is 2. The minimum Gasteiger partial charge on any atom is -0.481 e. The third kappa shape index (κ3) is 4.64. The number of carboxylic acid groups (broad SMARTS) is 1. The predicted octanol–water partition coefficient (Wildman–Crippen LogP) is 3.53. The Morgan fingerprint density at radius 3 is 2.84 bits per heavy atom. The fourth-order valence-corrected chi connectivity index (χ4v) is 3.52. The first-order valence-electron chi connectivity index (χ1n) is 10.4. The van der Waals surface area contributed by atoms with Crippen LogP contribution in [0.2, 0.25) is 0 Å². The van der Waals surface area contributed by atoms with Crippen LogP contribution in [0.4, 0.5) is 11.8 Å². The molecule has 0 saturated carbocycles. The van der Waals surface area contributed by atoms with E-state index in [1.165, 1.54) is 0 Å². The monoisotopic (exact) mass is 433 g/mol. The van der Waals surface area contributed by atoms with E-state index in [2.05, 4.69) is 16.4 Å². The van der Waals surface area contributed by atoms with E-state index in [-0.39, 0.29) is 13.2 Å². The highest BCUT2D eigenvalue weighted by molar-refractivity contribution is 5.91. The lowest BCUT2D eigenvalue weighted by Gasteiger charge is -2.22. The van der Waals surface area contributed by atoms with Crippen molar-refractivity contribution < 1.29 is 19.4 Å². The summed E-state index contributed by atoms with van der Waals surface area (Å²) in [5.41, 5.74) is 2.22. The SMILES string of the molecule is CCN(CCCC(=O)O)c1nc(NCc2ccc3c(c2)OCO3)c2cc(C#N)ccc2n1. The summed E-state index contributed by atoms with van der Waals surface area (Å²) < 4.78 is 10.8. The van der Waals surface area contributed by atoms with E-state index in [0.29, 0.717) is 54.7 Å². The summed E-state index contributed by atoms with van der Waals surface area (Å²) in [5.74, 6) is 1.73. The van der Waals surface area contributed by atoms with Gasteiger partial charge in [0.1, 0.15) is 5.82 Å². The molecule has 3 aromatic rings. The minimum atomic E-state index is -0.824. The molecule has 1 aliphatic rings. The molecule has 0 amide bonds. The number of ether oxygens (including phenoxy) is 2. The smallest absolute Gasteiger partial charge is 0.303 e. The zero-order chi connectivity index (χ0) is 22.5. The summed E-state index contributed by atoms with van der Waals surface area (Å²) in [6, 6.07) is 13.2. The van der Waals surface area contributed by atoms with Crippen LogP contribution in [-0.4, -0.2) is 40.9 Å². The van der Waals surface area contributed by atoms with Crippen LogP contribution in [0.15, 0.2) is 36.4 Å². The van der Waals surface area contributed by atoms with Crippen molar-refractivity contribution in [2.24, 2.45) is 0 Å². The van der Waals surface area contributed by atoms with Gasteiger partial charge in [-0.15, -0.1) is 0 Å². The molecular weight excluding hydrogens is 410 g/mol. The van der Waals surface area contributed by atoms with Crippen LogP contribution in [0, 0.1) is 11.3 Å². The first kappa shape index (κ1) is 21.2. The number of anilines is 2. The van der Waals surface area contributed by atoms with E-state index in [1.54, 1.807) is 18.2 Å². The standard InChI is InChI=1S/C23H23N5O4/c1-2-28(9-3-4-21(29)30)23-26-18-7-5-15(12-24)10-17(18)22(27-23)25-13-16-6-8-19-20(11-16)32-14-31-19/h5-8,10-11H,2-4,9,13-14H2,1H3,(H,29,30)(H,25,26,27). The van der Waals surface area contributed by atoms with Crippen molar-refractivity contribution in [3.63, 3.8) is 0 Å². The molecule has 4 rings (SSSR count). The maximum absolute atomic E-state index is 10.9. The minimum absolute atomic E-state index is 0.0881. The largest absolute Gasteiger partial charge is 0.481 e. The average molecular weight is 433 g/mol. The molecule has 1 aliphatic heterocycles. The van der Waals surface area contributed by atoms with Crippen LogP contribution in [0.25, 0.3) is 10.9 Å². The number of nitrogens with one attached hydrogen (secondary N) is 1. The first-order valence-corrected chi connectivity index (χ1v) is 10.4. The van der Waals surface area contributed by atoms with Crippen LogP contribution >= 0.6 is 0 Å². The third-order valence-electron chi connectivity index (χ3n) is 5.19. The van der Waals surface area contributed by atoms with Gasteiger partial charge in [0, 0.05) is 31.4 Å². The number of nitriles is 1. The average Bonchev–Trinajstić information content (AvgIpc) is 3.27. The maximum Gasteiger partial charge on any atom is 0.303 e. The molecule has 0 spiro atoms. The number of carbonyl (C=O) groups is 1. The van der Waals surface area contributed by atoms with Gasteiger partial charge in [-0.1, -0.05) is 6.07 Å². The Kier molecular flexibility index (Phi) is 6.22. The lowest BCUT2D eigenvalue weighted by atomic mass is 10.1. The molecule has 32 heavy (non-hydrogen) atoms. The number of nitrogens with zero attached hydrogens (tertiary/aromatic N) is 4. The number of rotatable bonds is 9. The number of aromatic nitrogens is 2. The van der Waals surface area contributed by atoms with Crippen molar-refractivity contribution in [3.05, 3.63) is 47.5 Å². The molecule has 1 aromatic heterocycles. The molecule has 164 valence electrons. The highest BCUT2D eigenvalue weighted by atomic mass is 16.7. The maximum atomic E-state index is 10.9. The highest BCUT2D eigenvalue weighted by Gasteiger charge is 2.16. The van der Waals surface area contributed by atoms with Crippen LogP contribution in [0.5, 0.6) is 11.5 Å². The first-order chi connectivity index (χ1) is 15.6. The third-order valence-corrected chi connectivity index (χ3v) is 5.19. The fourth-order valence-electron chi connectivity index (χ4n) is 3.52. The molecule has 2 N–H and O–H groups in total. The molecule has 0 unspecified atom stereocenters. The zero-order valence-corrected chi connectivity index (χ0v) is 17.7. The molecule has 9 heteroatoms. The number of aliphatic carboxylic acids is 1. The van der Waals surface area contributed by atoms with Crippen molar-refractivity contribution in [2.75, 3.05) is 30.1 Å². The van der Waals surface area contributed by atoms with Crippen molar-refractivity contribution in [1.29, 1.82) is 5.26 Å².